The molecule has 0 saturated heterocycles. The number of hydrogen-bond donors (Lipinski definition) is 2. The van der Waals surface area contributed by atoms with Gasteiger partial charge in [0.05, 0.1) is 0 Å². The summed E-state index contributed by atoms with van der Waals surface area (Å²) in [7, 11) is 0. The van der Waals surface area contributed by atoms with Crippen molar-refractivity contribution in [3.8, 4) is 0 Å². The van der Waals surface area contributed by atoms with Gasteiger partial charge in [-0.05, 0) is 49.6 Å². The van der Waals surface area contributed by atoms with Gasteiger partial charge in [0.15, 0.2) is 0 Å². The number of hydrogen-bond acceptors (Lipinski definition) is 2. The average molecular weight is 278 g/mol. The molecular formula is C19H22N2. The summed E-state index contributed by atoms with van der Waals surface area (Å²) in [4.78, 5) is 0. The van der Waals surface area contributed by atoms with E-state index in [1.54, 1.807) is 0 Å². The molecule has 0 amide bonds. The fraction of sp³-hybridized carbons (Fsp3) is 0.158. The monoisotopic (exact) mass is 278 g/mol. The van der Waals surface area contributed by atoms with Gasteiger partial charge in [-0.3, -0.25) is 0 Å². The molecule has 0 heterocycles. The molecule has 0 unspecified atom stereocenters. The molecule has 3 N–H and O–H groups in total. The van der Waals surface area contributed by atoms with Crippen molar-refractivity contribution in [1.82, 2.24) is 0 Å². The minimum Gasteiger partial charge on any atom is -0.399 e. The van der Waals surface area contributed by atoms with Crippen LogP contribution in [0.15, 0.2) is 49.6 Å². The highest BCUT2D eigenvalue weighted by Gasteiger charge is 2.08. The highest BCUT2D eigenvalue weighted by Crippen LogP contribution is 2.26. The number of aryl methyl sites for hydroxylation is 3. The Hall–Kier alpha value is -2.48. The Morgan fingerprint density at radius 3 is 2.19 bits per heavy atom. The second kappa shape index (κ2) is 5.88. The summed E-state index contributed by atoms with van der Waals surface area (Å²) < 4.78 is 0. The number of para-hydroxylation sites is 1. The maximum atomic E-state index is 5.84. The molecule has 0 fully saturated rings. The predicted octanol–water partition coefficient (Wildman–Crippen LogP) is 4.62. The summed E-state index contributed by atoms with van der Waals surface area (Å²) in [6.45, 7) is 14.3. The lowest BCUT2D eigenvalue weighted by Crippen LogP contribution is -2.04. The Morgan fingerprint density at radius 2 is 1.52 bits per heavy atom. The van der Waals surface area contributed by atoms with Gasteiger partial charge < -0.3 is 11.1 Å². The lowest BCUT2D eigenvalue weighted by molar-refractivity contribution is 1.28. The van der Waals surface area contributed by atoms with Crippen molar-refractivity contribution in [2.24, 2.45) is 5.73 Å². The Bertz CT molecular complexity index is 712. The van der Waals surface area contributed by atoms with Crippen molar-refractivity contribution >= 4 is 17.1 Å². The van der Waals surface area contributed by atoms with Crippen LogP contribution in [0.1, 0.15) is 27.8 Å². The zero-order valence-corrected chi connectivity index (χ0v) is 13.0. The fourth-order valence-electron chi connectivity index (χ4n) is 2.39. The van der Waals surface area contributed by atoms with Crippen LogP contribution in [0, 0.1) is 20.8 Å². The summed E-state index contributed by atoms with van der Waals surface area (Å²) in [6, 6.07) is 12.2. The first-order valence-corrected chi connectivity index (χ1v) is 6.98. The number of nitrogens with two attached hydrogens (primary N) is 1. The molecule has 2 rings (SSSR count). The summed E-state index contributed by atoms with van der Waals surface area (Å²) >= 11 is 0. The summed E-state index contributed by atoms with van der Waals surface area (Å²) in [5.74, 6) is 0. The van der Waals surface area contributed by atoms with Gasteiger partial charge in [0.2, 0.25) is 0 Å². The molecule has 0 bridgehead atoms. The molecule has 2 aromatic rings. The standard InChI is InChI=1S/C19H22N2/c1-12-10-14(3)18(11-13(12)2)16(5)21-19-9-7-6-8-17(19)15(4)20/h6-11,21H,4-5,20H2,1-3H3. The first kappa shape index (κ1) is 14.9. The van der Waals surface area contributed by atoms with E-state index >= 15 is 0 Å². The second-order valence-electron chi connectivity index (χ2n) is 5.43. The predicted molar refractivity (Wildman–Crippen MR) is 93.0 cm³/mol. The van der Waals surface area contributed by atoms with Crippen LogP contribution in [0.2, 0.25) is 0 Å². The molecule has 0 aliphatic rings. The van der Waals surface area contributed by atoms with Gasteiger partial charge in [0.25, 0.3) is 0 Å². The average Bonchev–Trinajstić information content (AvgIpc) is 2.43. The van der Waals surface area contributed by atoms with E-state index in [9.17, 15) is 0 Å². The van der Waals surface area contributed by atoms with E-state index in [1.165, 1.54) is 16.7 Å². The van der Waals surface area contributed by atoms with Crippen molar-refractivity contribution < 1.29 is 0 Å². The van der Waals surface area contributed by atoms with Gasteiger partial charge in [-0.25, -0.2) is 0 Å². The number of anilines is 1. The molecular weight excluding hydrogens is 256 g/mol. The van der Waals surface area contributed by atoms with E-state index < -0.39 is 0 Å². The molecule has 0 atom stereocenters. The van der Waals surface area contributed by atoms with Gasteiger partial charge in [-0.1, -0.05) is 37.4 Å². The fourth-order valence-corrected chi connectivity index (χ4v) is 2.39. The number of nitrogens with one attached hydrogen (secondary N) is 1. The zero-order chi connectivity index (χ0) is 15.6. The minimum absolute atomic E-state index is 0.544. The molecule has 0 saturated carbocycles. The molecule has 2 nitrogen and oxygen atoms in total. The van der Waals surface area contributed by atoms with Crippen LogP contribution >= 0.6 is 0 Å². The van der Waals surface area contributed by atoms with Crippen LogP contribution in [0.4, 0.5) is 5.69 Å². The van der Waals surface area contributed by atoms with Crippen LogP contribution in [-0.4, -0.2) is 0 Å². The summed E-state index contributed by atoms with van der Waals surface area (Å²) in [5.41, 5.74) is 14.0. The lowest BCUT2D eigenvalue weighted by Gasteiger charge is -2.17. The largest absolute Gasteiger partial charge is 0.399 e. The van der Waals surface area contributed by atoms with E-state index in [1.807, 2.05) is 24.3 Å². The normalized spacial score (nSPS) is 10.2. The van der Waals surface area contributed by atoms with Crippen LogP contribution in [0.25, 0.3) is 11.4 Å². The smallest absolute Gasteiger partial charge is 0.0478 e. The number of rotatable bonds is 4. The maximum Gasteiger partial charge on any atom is 0.0478 e. The molecule has 0 aromatic heterocycles. The molecule has 21 heavy (non-hydrogen) atoms. The van der Waals surface area contributed by atoms with E-state index in [2.05, 4.69) is 51.4 Å². The molecule has 2 aromatic carbocycles. The molecule has 2 heteroatoms. The highest BCUT2D eigenvalue weighted by atomic mass is 14.9. The van der Waals surface area contributed by atoms with Crippen molar-refractivity contribution in [3.05, 3.63) is 77.4 Å². The minimum atomic E-state index is 0.544. The van der Waals surface area contributed by atoms with E-state index in [-0.39, 0.29) is 0 Å². The number of benzene rings is 2. The molecule has 0 aliphatic carbocycles. The van der Waals surface area contributed by atoms with Gasteiger partial charge in [-0.15, -0.1) is 0 Å². The van der Waals surface area contributed by atoms with Gasteiger partial charge >= 0.3 is 0 Å². The summed E-state index contributed by atoms with van der Waals surface area (Å²) in [5, 5.41) is 3.36. The third-order valence-corrected chi connectivity index (χ3v) is 3.72. The van der Waals surface area contributed by atoms with E-state index in [0.717, 1.165) is 22.5 Å². The summed E-state index contributed by atoms with van der Waals surface area (Å²) in [6.07, 6.45) is 0. The Kier molecular flexibility index (Phi) is 4.18. The van der Waals surface area contributed by atoms with Crippen molar-refractivity contribution in [2.75, 3.05) is 5.32 Å². The molecule has 0 radical (unpaired) electrons. The Labute approximate surface area is 127 Å². The van der Waals surface area contributed by atoms with Crippen molar-refractivity contribution in [1.29, 1.82) is 0 Å². The van der Waals surface area contributed by atoms with Gasteiger partial charge in [-0.2, -0.15) is 0 Å². The lowest BCUT2D eigenvalue weighted by atomic mass is 9.99. The van der Waals surface area contributed by atoms with E-state index in [4.69, 9.17) is 5.73 Å². The van der Waals surface area contributed by atoms with Crippen molar-refractivity contribution in [2.45, 2.75) is 20.8 Å². The Balaban J connectivity index is 2.35. The van der Waals surface area contributed by atoms with Crippen LogP contribution in [0.5, 0.6) is 0 Å². The third-order valence-electron chi connectivity index (χ3n) is 3.72. The van der Waals surface area contributed by atoms with Crippen molar-refractivity contribution in [3.63, 3.8) is 0 Å². The topological polar surface area (TPSA) is 38.0 Å². The molecule has 0 aliphatic heterocycles. The molecule has 0 spiro atoms. The highest BCUT2D eigenvalue weighted by molar-refractivity contribution is 5.83. The van der Waals surface area contributed by atoms with Crippen LogP contribution in [-0.2, 0) is 0 Å². The third kappa shape index (κ3) is 3.16. The first-order valence-electron chi connectivity index (χ1n) is 6.98. The Morgan fingerprint density at radius 1 is 0.905 bits per heavy atom. The quantitative estimate of drug-likeness (QED) is 0.856. The zero-order valence-electron chi connectivity index (χ0n) is 13.0. The van der Waals surface area contributed by atoms with E-state index in [0.29, 0.717) is 5.70 Å². The molecule has 108 valence electrons. The second-order valence-corrected chi connectivity index (χ2v) is 5.43. The van der Waals surface area contributed by atoms with Crippen LogP contribution < -0.4 is 11.1 Å². The van der Waals surface area contributed by atoms with Gasteiger partial charge in [0, 0.05) is 28.2 Å². The van der Waals surface area contributed by atoms with Crippen LogP contribution in [0.3, 0.4) is 0 Å². The maximum absolute atomic E-state index is 5.84. The first-order chi connectivity index (χ1) is 9.90. The van der Waals surface area contributed by atoms with Gasteiger partial charge in [0.1, 0.15) is 0 Å². The SMILES string of the molecule is C=C(Nc1ccccc1C(=C)N)c1cc(C)c(C)cc1C.